The zero-order chi connectivity index (χ0) is 11.7. The van der Waals surface area contributed by atoms with E-state index in [4.69, 9.17) is 0 Å². The Morgan fingerprint density at radius 1 is 1.44 bits per heavy atom. The average Bonchev–Trinajstić information content (AvgIpc) is 2.61. The average molecular weight is 219 g/mol. The zero-order valence-electron chi connectivity index (χ0n) is 9.28. The van der Waals surface area contributed by atoms with Gasteiger partial charge in [-0.05, 0) is 12.5 Å². The van der Waals surface area contributed by atoms with Crippen LogP contribution in [0.2, 0.25) is 0 Å². The molecule has 1 aliphatic rings. The lowest BCUT2D eigenvalue weighted by molar-refractivity contribution is -0.116. The predicted molar refractivity (Wildman–Crippen MR) is 60.3 cm³/mol. The third-order valence-electron chi connectivity index (χ3n) is 2.56. The van der Waals surface area contributed by atoms with Crippen LogP contribution in [0.1, 0.15) is 19.4 Å². The van der Waals surface area contributed by atoms with Crippen LogP contribution in [0.5, 0.6) is 0 Å². The van der Waals surface area contributed by atoms with Crippen LogP contribution < -0.4 is 10.2 Å². The van der Waals surface area contributed by atoms with Crippen LogP contribution in [0.4, 0.5) is 11.5 Å². The van der Waals surface area contributed by atoms with E-state index in [2.05, 4.69) is 10.3 Å². The monoisotopic (exact) mass is 219 g/mol. The van der Waals surface area contributed by atoms with Crippen LogP contribution in [-0.2, 0) is 16.0 Å². The van der Waals surface area contributed by atoms with Crippen LogP contribution in [0.25, 0.3) is 0 Å². The number of amides is 2. The van der Waals surface area contributed by atoms with Crippen molar-refractivity contribution >= 4 is 23.3 Å². The summed E-state index contributed by atoms with van der Waals surface area (Å²) in [6.45, 7) is 3.61. The SMILES string of the molecule is CC(=O)Nc1ccnc2c1CCN2C(C)=O. The van der Waals surface area contributed by atoms with E-state index in [1.165, 1.54) is 13.8 Å². The van der Waals surface area contributed by atoms with Crippen molar-refractivity contribution in [3.05, 3.63) is 17.8 Å². The summed E-state index contributed by atoms with van der Waals surface area (Å²) in [6, 6.07) is 1.75. The number of hydrogen-bond donors (Lipinski definition) is 1. The summed E-state index contributed by atoms with van der Waals surface area (Å²) in [6.07, 6.45) is 2.34. The minimum atomic E-state index is -0.116. The molecule has 1 aromatic heterocycles. The summed E-state index contributed by atoms with van der Waals surface area (Å²) in [4.78, 5) is 28.2. The van der Waals surface area contributed by atoms with Gasteiger partial charge in [-0.1, -0.05) is 0 Å². The summed E-state index contributed by atoms with van der Waals surface area (Å²) in [5.74, 6) is 0.527. The minimum absolute atomic E-state index is 0.0220. The van der Waals surface area contributed by atoms with Crippen molar-refractivity contribution in [3.8, 4) is 0 Å². The van der Waals surface area contributed by atoms with E-state index in [0.717, 1.165) is 17.7 Å². The molecule has 16 heavy (non-hydrogen) atoms. The van der Waals surface area contributed by atoms with Crippen LogP contribution in [0, 0.1) is 0 Å². The van der Waals surface area contributed by atoms with Gasteiger partial charge in [-0.25, -0.2) is 4.98 Å². The van der Waals surface area contributed by atoms with E-state index < -0.39 is 0 Å². The maximum Gasteiger partial charge on any atom is 0.225 e. The van der Waals surface area contributed by atoms with Crippen molar-refractivity contribution in [2.45, 2.75) is 20.3 Å². The normalized spacial score (nSPS) is 13.5. The van der Waals surface area contributed by atoms with Gasteiger partial charge in [-0.15, -0.1) is 0 Å². The molecule has 0 unspecified atom stereocenters. The molecule has 0 spiro atoms. The Balaban J connectivity index is 2.39. The fraction of sp³-hybridized carbons (Fsp3) is 0.364. The molecule has 0 saturated heterocycles. The number of anilines is 2. The molecule has 2 heterocycles. The van der Waals surface area contributed by atoms with E-state index >= 15 is 0 Å². The first-order chi connectivity index (χ1) is 7.59. The molecule has 1 aromatic rings. The van der Waals surface area contributed by atoms with E-state index in [-0.39, 0.29) is 11.8 Å². The highest BCUT2D eigenvalue weighted by Gasteiger charge is 2.25. The van der Waals surface area contributed by atoms with Gasteiger partial charge in [0.1, 0.15) is 5.82 Å². The molecular formula is C11H13N3O2. The Kier molecular flexibility index (Phi) is 2.60. The Labute approximate surface area is 93.5 Å². The van der Waals surface area contributed by atoms with Crippen molar-refractivity contribution in [3.63, 3.8) is 0 Å². The molecule has 2 amide bonds. The van der Waals surface area contributed by atoms with Crippen molar-refractivity contribution in [2.24, 2.45) is 0 Å². The second-order valence-corrected chi connectivity index (χ2v) is 3.76. The van der Waals surface area contributed by atoms with Gasteiger partial charge < -0.3 is 5.32 Å². The molecule has 0 aromatic carbocycles. The molecule has 1 aliphatic heterocycles. The molecular weight excluding hydrogens is 206 g/mol. The predicted octanol–water partition coefficient (Wildman–Crippen LogP) is 0.949. The van der Waals surface area contributed by atoms with Crippen LogP contribution in [0.3, 0.4) is 0 Å². The highest BCUT2D eigenvalue weighted by atomic mass is 16.2. The van der Waals surface area contributed by atoms with Gasteiger partial charge in [0.15, 0.2) is 0 Å². The van der Waals surface area contributed by atoms with Crippen molar-refractivity contribution in [2.75, 3.05) is 16.8 Å². The number of fused-ring (bicyclic) bond motifs is 1. The van der Waals surface area contributed by atoms with Gasteiger partial charge in [-0.2, -0.15) is 0 Å². The highest BCUT2D eigenvalue weighted by molar-refractivity contribution is 5.96. The lowest BCUT2D eigenvalue weighted by atomic mass is 10.2. The van der Waals surface area contributed by atoms with Gasteiger partial charge in [0.25, 0.3) is 0 Å². The molecule has 0 atom stereocenters. The van der Waals surface area contributed by atoms with E-state index in [0.29, 0.717) is 12.4 Å². The topological polar surface area (TPSA) is 62.3 Å². The van der Waals surface area contributed by atoms with Gasteiger partial charge >= 0.3 is 0 Å². The van der Waals surface area contributed by atoms with Crippen molar-refractivity contribution in [1.29, 1.82) is 0 Å². The molecule has 0 bridgehead atoms. The Hall–Kier alpha value is -1.91. The minimum Gasteiger partial charge on any atom is -0.326 e. The number of nitrogens with one attached hydrogen (secondary N) is 1. The number of hydrogen-bond acceptors (Lipinski definition) is 3. The highest BCUT2D eigenvalue weighted by Crippen LogP contribution is 2.31. The number of rotatable bonds is 1. The molecule has 2 rings (SSSR count). The number of aromatic nitrogens is 1. The first-order valence-electron chi connectivity index (χ1n) is 5.13. The summed E-state index contributed by atoms with van der Waals surface area (Å²) >= 11 is 0. The van der Waals surface area contributed by atoms with Gasteiger partial charge in [-0.3, -0.25) is 14.5 Å². The largest absolute Gasteiger partial charge is 0.326 e. The molecule has 5 nitrogen and oxygen atoms in total. The van der Waals surface area contributed by atoms with Gasteiger partial charge in [0.05, 0.1) is 0 Å². The summed E-state index contributed by atoms with van der Waals surface area (Å²) in [5.41, 5.74) is 1.69. The molecule has 0 saturated carbocycles. The Bertz CT molecular complexity index is 457. The smallest absolute Gasteiger partial charge is 0.225 e. The maximum atomic E-state index is 11.3. The zero-order valence-corrected chi connectivity index (χ0v) is 9.28. The van der Waals surface area contributed by atoms with Crippen LogP contribution in [0.15, 0.2) is 12.3 Å². The third kappa shape index (κ3) is 1.76. The standard InChI is InChI=1S/C11H13N3O2/c1-7(15)13-10-3-5-12-11-9(10)4-6-14(11)8(2)16/h3,5H,4,6H2,1-2H3,(H,12,13,15). The van der Waals surface area contributed by atoms with Crippen molar-refractivity contribution in [1.82, 2.24) is 4.98 Å². The lowest BCUT2D eigenvalue weighted by Gasteiger charge is -2.13. The lowest BCUT2D eigenvalue weighted by Crippen LogP contribution is -2.26. The number of carbonyl (C=O) groups is 2. The van der Waals surface area contributed by atoms with E-state index in [1.54, 1.807) is 17.2 Å². The summed E-state index contributed by atoms with van der Waals surface area (Å²) < 4.78 is 0. The first-order valence-corrected chi connectivity index (χ1v) is 5.13. The molecule has 84 valence electrons. The van der Waals surface area contributed by atoms with E-state index in [1.807, 2.05) is 0 Å². The molecule has 0 fully saturated rings. The third-order valence-corrected chi connectivity index (χ3v) is 2.56. The van der Waals surface area contributed by atoms with Crippen LogP contribution in [-0.4, -0.2) is 23.3 Å². The summed E-state index contributed by atoms with van der Waals surface area (Å²) in [5, 5.41) is 2.75. The van der Waals surface area contributed by atoms with Crippen LogP contribution >= 0.6 is 0 Å². The fourth-order valence-corrected chi connectivity index (χ4v) is 1.90. The number of pyridine rings is 1. The Morgan fingerprint density at radius 3 is 2.81 bits per heavy atom. The van der Waals surface area contributed by atoms with Crippen molar-refractivity contribution < 1.29 is 9.59 Å². The summed E-state index contributed by atoms with van der Waals surface area (Å²) in [7, 11) is 0. The molecule has 1 N–H and O–H groups in total. The molecule has 0 radical (unpaired) electrons. The van der Waals surface area contributed by atoms with E-state index in [9.17, 15) is 9.59 Å². The first kappa shape index (κ1) is 10.6. The number of nitrogens with zero attached hydrogens (tertiary/aromatic N) is 2. The fourth-order valence-electron chi connectivity index (χ4n) is 1.90. The molecule has 5 heteroatoms. The second kappa shape index (κ2) is 3.92. The van der Waals surface area contributed by atoms with Gasteiger partial charge in [0.2, 0.25) is 11.8 Å². The number of carbonyl (C=O) groups excluding carboxylic acids is 2. The maximum absolute atomic E-state index is 11.3. The quantitative estimate of drug-likeness (QED) is 0.764. The second-order valence-electron chi connectivity index (χ2n) is 3.76. The molecule has 0 aliphatic carbocycles. The Morgan fingerprint density at radius 2 is 2.19 bits per heavy atom. The van der Waals surface area contributed by atoms with Gasteiger partial charge in [0, 0.05) is 37.8 Å².